The number of hydrogen-bond acceptors (Lipinski definition) is 3. The molecule has 0 radical (unpaired) electrons. The van der Waals surface area contributed by atoms with Gasteiger partial charge < -0.3 is 9.30 Å². The van der Waals surface area contributed by atoms with Crippen LogP contribution < -0.4 is 4.74 Å². The van der Waals surface area contributed by atoms with Gasteiger partial charge >= 0.3 is 0 Å². The van der Waals surface area contributed by atoms with E-state index in [0.717, 1.165) is 16.9 Å². The van der Waals surface area contributed by atoms with Crippen molar-refractivity contribution in [3.8, 4) is 5.75 Å². The van der Waals surface area contributed by atoms with Crippen molar-refractivity contribution in [1.29, 1.82) is 0 Å². The topological polar surface area (TPSA) is 44.1 Å². The van der Waals surface area contributed by atoms with E-state index in [2.05, 4.69) is 4.98 Å². The Balaban J connectivity index is 2.27. The minimum absolute atomic E-state index is 0.00796. The van der Waals surface area contributed by atoms with Crippen molar-refractivity contribution in [3.63, 3.8) is 0 Å². The van der Waals surface area contributed by atoms with E-state index in [-0.39, 0.29) is 5.78 Å². The molecule has 2 rings (SSSR count). The minimum Gasteiger partial charge on any atom is -0.496 e. The molecule has 0 aliphatic carbocycles. The van der Waals surface area contributed by atoms with E-state index in [4.69, 9.17) is 4.74 Å². The van der Waals surface area contributed by atoms with E-state index in [1.165, 1.54) is 0 Å². The molecule has 0 saturated carbocycles. The molecule has 4 heteroatoms. The molecule has 0 atom stereocenters. The van der Waals surface area contributed by atoms with Gasteiger partial charge in [0.15, 0.2) is 5.82 Å². The number of carbonyl (C=O) groups is 1. The Labute approximate surface area is 106 Å². The molecule has 1 aromatic heterocycles. The first-order valence-electron chi connectivity index (χ1n) is 5.76. The van der Waals surface area contributed by atoms with E-state index in [1.807, 2.05) is 32.2 Å². The summed E-state index contributed by atoms with van der Waals surface area (Å²) in [5.41, 5.74) is 2.00. The Morgan fingerprint density at radius 1 is 1.44 bits per heavy atom. The van der Waals surface area contributed by atoms with Crippen molar-refractivity contribution < 1.29 is 9.53 Å². The van der Waals surface area contributed by atoms with Crippen LogP contribution in [0, 0.1) is 6.92 Å². The largest absolute Gasteiger partial charge is 0.496 e. The molecule has 0 aliphatic rings. The Morgan fingerprint density at radius 3 is 2.83 bits per heavy atom. The van der Waals surface area contributed by atoms with E-state index in [9.17, 15) is 4.79 Å². The summed E-state index contributed by atoms with van der Waals surface area (Å²) in [6.07, 6.45) is 3.69. The highest BCUT2D eigenvalue weighted by molar-refractivity contribution is 5.94. The van der Waals surface area contributed by atoms with Crippen LogP contribution in [0.25, 0.3) is 0 Å². The number of aromatic nitrogens is 2. The number of Topliss-reactive ketones (excluding diaryl/α,β-unsaturated/α-hetero) is 1. The van der Waals surface area contributed by atoms with E-state index in [0.29, 0.717) is 12.2 Å². The van der Waals surface area contributed by atoms with Crippen LogP contribution in [-0.4, -0.2) is 22.4 Å². The van der Waals surface area contributed by atoms with Crippen molar-refractivity contribution in [2.45, 2.75) is 13.3 Å². The van der Waals surface area contributed by atoms with Gasteiger partial charge in [0.1, 0.15) is 5.75 Å². The molecule has 1 heterocycles. The number of aryl methyl sites for hydroxylation is 2. The predicted octanol–water partition coefficient (Wildman–Crippen LogP) is 2.16. The zero-order valence-electron chi connectivity index (χ0n) is 10.8. The molecular formula is C14H16N2O2. The first kappa shape index (κ1) is 12.4. The zero-order chi connectivity index (χ0) is 13.1. The fraction of sp³-hybridized carbons (Fsp3) is 0.286. The third-order valence-corrected chi connectivity index (χ3v) is 2.86. The van der Waals surface area contributed by atoms with Crippen molar-refractivity contribution in [2.24, 2.45) is 7.05 Å². The standard InChI is InChI=1S/C14H16N2O2/c1-10-4-5-13(18-3)11(8-10)9-12(17)14-15-6-7-16(14)2/h4-8H,9H2,1-3H3. The smallest absolute Gasteiger partial charge is 0.202 e. The number of methoxy groups -OCH3 is 1. The van der Waals surface area contributed by atoms with Gasteiger partial charge in [0, 0.05) is 31.4 Å². The maximum atomic E-state index is 12.1. The Bertz CT molecular complexity index is 573. The van der Waals surface area contributed by atoms with Crippen LogP contribution in [0.1, 0.15) is 21.7 Å². The van der Waals surface area contributed by atoms with Crippen molar-refractivity contribution in [3.05, 3.63) is 47.5 Å². The monoisotopic (exact) mass is 244 g/mol. The lowest BCUT2D eigenvalue weighted by atomic mass is 10.0. The highest BCUT2D eigenvalue weighted by Gasteiger charge is 2.14. The molecule has 0 aliphatic heterocycles. The molecule has 0 bridgehead atoms. The van der Waals surface area contributed by atoms with Crippen LogP contribution in [-0.2, 0) is 13.5 Å². The van der Waals surface area contributed by atoms with Gasteiger partial charge in [-0.2, -0.15) is 0 Å². The van der Waals surface area contributed by atoms with Crippen molar-refractivity contribution in [1.82, 2.24) is 9.55 Å². The maximum Gasteiger partial charge on any atom is 0.202 e. The molecule has 0 N–H and O–H groups in total. The van der Waals surface area contributed by atoms with E-state index < -0.39 is 0 Å². The Kier molecular flexibility index (Phi) is 3.46. The summed E-state index contributed by atoms with van der Waals surface area (Å²) in [4.78, 5) is 16.2. The second-order valence-electron chi connectivity index (χ2n) is 4.28. The SMILES string of the molecule is COc1ccc(C)cc1CC(=O)c1nccn1C. The summed E-state index contributed by atoms with van der Waals surface area (Å²) < 4.78 is 7.00. The van der Waals surface area contributed by atoms with Gasteiger partial charge in [-0.25, -0.2) is 4.98 Å². The maximum absolute atomic E-state index is 12.1. The third kappa shape index (κ3) is 2.42. The predicted molar refractivity (Wildman–Crippen MR) is 69.0 cm³/mol. The summed E-state index contributed by atoms with van der Waals surface area (Å²) in [6.45, 7) is 1.99. The first-order valence-corrected chi connectivity index (χ1v) is 5.76. The lowest BCUT2D eigenvalue weighted by Gasteiger charge is -2.08. The molecule has 0 amide bonds. The van der Waals surface area contributed by atoms with Crippen molar-refractivity contribution >= 4 is 5.78 Å². The fourth-order valence-electron chi connectivity index (χ4n) is 1.93. The van der Waals surface area contributed by atoms with Crippen LogP contribution in [0.3, 0.4) is 0 Å². The summed E-state index contributed by atoms with van der Waals surface area (Å²) in [7, 11) is 3.42. The zero-order valence-corrected chi connectivity index (χ0v) is 10.8. The second-order valence-corrected chi connectivity index (χ2v) is 4.28. The normalized spacial score (nSPS) is 10.4. The quantitative estimate of drug-likeness (QED) is 0.774. The van der Waals surface area contributed by atoms with Crippen molar-refractivity contribution in [2.75, 3.05) is 7.11 Å². The minimum atomic E-state index is -0.00796. The second kappa shape index (κ2) is 5.04. The summed E-state index contributed by atoms with van der Waals surface area (Å²) in [6, 6.07) is 5.82. The average molecular weight is 244 g/mol. The van der Waals surface area contributed by atoms with Crippen LogP contribution in [0.5, 0.6) is 5.75 Å². The molecule has 0 fully saturated rings. The van der Waals surface area contributed by atoms with Gasteiger partial charge in [-0.3, -0.25) is 4.79 Å². The molecule has 1 aromatic carbocycles. The van der Waals surface area contributed by atoms with Gasteiger partial charge in [0.2, 0.25) is 5.78 Å². The third-order valence-electron chi connectivity index (χ3n) is 2.86. The molecule has 0 saturated heterocycles. The molecule has 0 spiro atoms. The Hall–Kier alpha value is -2.10. The van der Waals surface area contributed by atoms with Crippen LogP contribution >= 0.6 is 0 Å². The average Bonchev–Trinajstić information content (AvgIpc) is 2.76. The summed E-state index contributed by atoms with van der Waals surface area (Å²) in [5.74, 6) is 1.20. The van der Waals surface area contributed by atoms with Gasteiger partial charge in [-0.05, 0) is 13.0 Å². The number of ether oxygens (including phenoxy) is 1. The number of ketones is 1. The summed E-state index contributed by atoms with van der Waals surface area (Å²) >= 11 is 0. The number of imidazole rings is 1. The Morgan fingerprint density at radius 2 is 2.22 bits per heavy atom. The number of hydrogen-bond donors (Lipinski definition) is 0. The van der Waals surface area contributed by atoms with Crippen LogP contribution in [0.2, 0.25) is 0 Å². The van der Waals surface area contributed by atoms with E-state index in [1.54, 1.807) is 24.1 Å². The number of nitrogens with zero attached hydrogens (tertiary/aromatic N) is 2. The molecule has 18 heavy (non-hydrogen) atoms. The van der Waals surface area contributed by atoms with Gasteiger partial charge in [-0.1, -0.05) is 17.7 Å². The first-order chi connectivity index (χ1) is 8.61. The number of benzene rings is 1. The molecule has 2 aromatic rings. The lowest BCUT2D eigenvalue weighted by molar-refractivity contribution is 0.0979. The number of rotatable bonds is 4. The summed E-state index contributed by atoms with van der Waals surface area (Å²) in [5, 5.41) is 0. The highest BCUT2D eigenvalue weighted by atomic mass is 16.5. The van der Waals surface area contributed by atoms with Gasteiger partial charge in [-0.15, -0.1) is 0 Å². The van der Waals surface area contributed by atoms with Crippen LogP contribution in [0.4, 0.5) is 0 Å². The van der Waals surface area contributed by atoms with E-state index >= 15 is 0 Å². The molecular weight excluding hydrogens is 228 g/mol. The van der Waals surface area contributed by atoms with Gasteiger partial charge in [0.05, 0.1) is 7.11 Å². The lowest BCUT2D eigenvalue weighted by Crippen LogP contribution is -2.11. The van der Waals surface area contributed by atoms with Crippen LogP contribution in [0.15, 0.2) is 30.6 Å². The molecule has 94 valence electrons. The number of carbonyl (C=O) groups excluding carboxylic acids is 1. The molecule has 0 unspecified atom stereocenters. The fourth-order valence-corrected chi connectivity index (χ4v) is 1.93. The molecule has 4 nitrogen and oxygen atoms in total. The van der Waals surface area contributed by atoms with Gasteiger partial charge in [0.25, 0.3) is 0 Å². The highest BCUT2D eigenvalue weighted by Crippen LogP contribution is 2.21.